The van der Waals surface area contributed by atoms with E-state index in [-0.39, 0.29) is 17.2 Å². The third-order valence-corrected chi connectivity index (χ3v) is 5.39. The molecular formula is C19H28N2O. The van der Waals surface area contributed by atoms with Gasteiger partial charge in [-0.3, -0.25) is 4.79 Å². The minimum Gasteiger partial charge on any atom is -0.352 e. The van der Waals surface area contributed by atoms with Crippen molar-refractivity contribution in [2.75, 3.05) is 13.1 Å². The summed E-state index contributed by atoms with van der Waals surface area (Å²) in [7, 11) is 0. The predicted molar refractivity (Wildman–Crippen MR) is 89.6 cm³/mol. The van der Waals surface area contributed by atoms with E-state index >= 15 is 0 Å². The fourth-order valence-corrected chi connectivity index (χ4v) is 3.63. The maximum Gasteiger partial charge on any atom is 0.223 e. The Kier molecular flexibility index (Phi) is 4.02. The highest BCUT2D eigenvalue weighted by atomic mass is 16.2. The third-order valence-electron chi connectivity index (χ3n) is 5.39. The third kappa shape index (κ3) is 3.19. The second-order valence-electron chi connectivity index (χ2n) is 8.03. The minimum atomic E-state index is 0.178. The number of rotatable bonds is 3. The van der Waals surface area contributed by atoms with E-state index in [1.54, 1.807) is 0 Å². The smallest absolute Gasteiger partial charge is 0.223 e. The van der Waals surface area contributed by atoms with Crippen LogP contribution in [0.4, 0.5) is 0 Å². The van der Waals surface area contributed by atoms with Crippen LogP contribution in [0.3, 0.4) is 0 Å². The summed E-state index contributed by atoms with van der Waals surface area (Å²) in [5, 5.41) is 6.51. The Morgan fingerprint density at radius 3 is 2.45 bits per heavy atom. The lowest BCUT2D eigenvalue weighted by molar-refractivity contribution is -0.123. The van der Waals surface area contributed by atoms with E-state index in [1.165, 1.54) is 11.1 Å². The van der Waals surface area contributed by atoms with Crippen molar-refractivity contribution in [3.63, 3.8) is 0 Å². The van der Waals surface area contributed by atoms with Gasteiger partial charge in [0.2, 0.25) is 5.91 Å². The maximum atomic E-state index is 12.3. The SMILES string of the molecule is CC(C)(C)c1ccc(CNC(=O)C2CC23CCNCC3)cc1. The first-order chi connectivity index (χ1) is 10.4. The number of hydrogen-bond acceptors (Lipinski definition) is 2. The van der Waals surface area contributed by atoms with Gasteiger partial charge in [-0.05, 0) is 54.3 Å². The van der Waals surface area contributed by atoms with Crippen molar-refractivity contribution in [1.82, 2.24) is 10.6 Å². The topological polar surface area (TPSA) is 41.1 Å². The van der Waals surface area contributed by atoms with Crippen LogP contribution in [0.2, 0.25) is 0 Å². The standard InChI is InChI=1S/C19H28N2O/c1-18(2,3)15-6-4-14(5-7-15)13-21-17(22)16-12-19(16)8-10-20-11-9-19/h4-7,16,20H,8-13H2,1-3H3,(H,21,22). The monoisotopic (exact) mass is 300 g/mol. The number of hydrogen-bond donors (Lipinski definition) is 2. The van der Waals surface area contributed by atoms with E-state index in [2.05, 4.69) is 55.7 Å². The molecular weight excluding hydrogens is 272 g/mol. The molecule has 0 bridgehead atoms. The van der Waals surface area contributed by atoms with Crippen molar-refractivity contribution < 1.29 is 4.79 Å². The van der Waals surface area contributed by atoms with Crippen LogP contribution in [0.5, 0.6) is 0 Å². The summed E-state index contributed by atoms with van der Waals surface area (Å²) in [5.74, 6) is 0.505. The fraction of sp³-hybridized carbons (Fsp3) is 0.632. The Morgan fingerprint density at radius 1 is 1.23 bits per heavy atom. The predicted octanol–water partition coefficient (Wildman–Crippen LogP) is 2.99. The van der Waals surface area contributed by atoms with Crippen molar-refractivity contribution in [2.45, 2.75) is 52.0 Å². The number of piperidine rings is 1. The van der Waals surface area contributed by atoms with E-state index in [9.17, 15) is 4.79 Å². The lowest BCUT2D eigenvalue weighted by atomic mass is 9.87. The molecule has 3 heteroatoms. The van der Waals surface area contributed by atoms with Crippen LogP contribution in [0.15, 0.2) is 24.3 Å². The Labute approximate surface area is 133 Å². The zero-order valence-electron chi connectivity index (χ0n) is 14.0. The Morgan fingerprint density at radius 2 is 1.86 bits per heavy atom. The molecule has 1 unspecified atom stereocenters. The highest BCUT2D eigenvalue weighted by Gasteiger charge is 2.57. The molecule has 120 valence electrons. The normalized spacial score (nSPS) is 23.3. The highest BCUT2D eigenvalue weighted by Crippen LogP contribution is 2.58. The van der Waals surface area contributed by atoms with Crippen LogP contribution in [0.25, 0.3) is 0 Å². The Balaban J connectivity index is 1.51. The van der Waals surface area contributed by atoms with Crippen LogP contribution in [0.1, 0.15) is 51.2 Å². The molecule has 3 nitrogen and oxygen atoms in total. The molecule has 3 rings (SSSR count). The van der Waals surface area contributed by atoms with Crippen LogP contribution in [-0.2, 0) is 16.8 Å². The zero-order valence-corrected chi connectivity index (χ0v) is 14.0. The van der Waals surface area contributed by atoms with Crippen LogP contribution < -0.4 is 10.6 Å². The van der Waals surface area contributed by atoms with E-state index in [0.717, 1.165) is 32.4 Å². The first-order valence-electron chi connectivity index (χ1n) is 8.49. The number of benzene rings is 1. The summed E-state index contributed by atoms with van der Waals surface area (Å²) < 4.78 is 0. The van der Waals surface area contributed by atoms with Gasteiger partial charge in [-0.25, -0.2) is 0 Å². The van der Waals surface area contributed by atoms with Gasteiger partial charge in [-0.1, -0.05) is 45.0 Å². The van der Waals surface area contributed by atoms with Gasteiger partial charge in [0.25, 0.3) is 0 Å². The molecule has 1 saturated carbocycles. The number of nitrogens with one attached hydrogen (secondary N) is 2. The van der Waals surface area contributed by atoms with Gasteiger partial charge in [-0.2, -0.15) is 0 Å². The molecule has 1 aromatic carbocycles. The molecule has 0 aromatic heterocycles. The summed E-state index contributed by atoms with van der Waals surface area (Å²) in [6.07, 6.45) is 3.40. The molecule has 2 N–H and O–H groups in total. The molecule has 1 aliphatic carbocycles. The van der Waals surface area contributed by atoms with Crippen molar-refractivity contribution in [2.24, 2.45) is 11.3 Å². The molecule has 22 heavy (non-hydrogen) atoms. The zero-order chi connectivity index (χ0) is 15.8. The number of amides is 1. The van der Waals surface area contributed by atoms with Gasteiger partial charge in [0.1, 0.15) is 0 Å². The molecule has 1 aliphatic heterocycles. The van der Waals surface area contributed by atoms with Gasteiger partial charge >= 0.3 is 0 Å². The molecule has 1 aromatic rings. The van der Waals surface area contributed by atoms with E-state index in [0.29, 0.717) is 12.0 Å². The van der Waals surface area contributed by atoms with Gasteiger partial charge in [0.05, 0.1) is 0 Å². The molecule has 2 aliphatic rings. The number of carbonyl (C=O) groups excluding carboxylic acids is 1. The molecule has 1 amide bonds. The molecule has 0 radical (unpaired) electrons. The first-order valence-corrected chi connectivity index (χ1v) is 8.49. The van der Waals surface area contributed by atoms with E-state index in [1.807, 2.05) is 0 Å². The molecule has 1 spiro atoms. The van der Waals surface area contributed by atoms with E-state index < -0.39 is 0 Å². The lowest BCUT2D eigenvalue weighted by Crippen LogP contribution is -2.33. The minimum absolute atomic E-state index is 0.178. The van der Waals surface area contributed by atoms with Gasteiger partial charge in [-0.15, -0.1) is 0 Å². The van der Waals surface area contributed by atoms with Crippen molar-refractivity contribution >= 4 is 5.91 Å². The first kappa shape index (κ1) is 15.5. The lowest BCUT2D eigenvalue weighted by Gasteiger charge is -2.23. The summed E-state index contributed by atoms with van der Waals surface area (Å²) in [4.78, 5) is 12.3. The van der Waals surface area contributed by atoms with Crippen LogP contribution in [0, 0.1) is 11.3 Å². The second-order valence-corrected chi connectivity index (χ2v) is 8.03. The molecule has 1 saturated heterocycles. The maximum absolute atomic E-state index is 12.3. The summed E-state index contributed by atoms with van der Waals surface area (Å²) in [5.41, 5.74) is 3.02. The second kappa shape index (κ2) is 5.69. The average molecular weight is 300 g/mol. The Hall–Kier alpha value is -1.35. The summed E-state index contributed by atoms with van der Waals surface area (Å²) >= 11 is 0. The van der Waals surface area contributed by atoms with Crippen molar-refractivity contribution in [1.29, 1.82) is 0 Å². The van der Waals surface area contributed by atoms with Crippen LogP contribution in [-0.4, -0.2) is 19.0 Å². The molecule has 1 heterocycles. The molecule has 1 atom stereocenters. The van der Waals surface area contributed by atoms with Crippen molar-refractivity contribution in [3.05, 3.63) is 35.4 Å². The van der Waals surface area contributed by atoms with Gasteiger partial charge < -0.3 is 10.6 Å². The van der Waals surface area contributed by atoms with E-state index in [4.69, 9.17) is 0 Å². The average Bonchev–Trinajstić information content (AvgIpc) is 3.18. The van der Waals surface area contributed by atoms with Crippen LogP contribution >= 0.6 is 0 Å². The highest BCUT2D eigenvalue weighted by molar-refractivity contribution is 5.82. The largest absolute Gasteiger partial charge is 0.352 e. The summed E-state index contributed by atoms with van der Waals surface area (Å²) in [6.45, 7) is 9.43. The Bertz CT molecular complexity index is 536. The summed E-state index contributed by atoms with van der Waals surface area (Å²) in [6, 6.07) is 8.61. The number of carbonyl (C=O) groups is 1. The van der Waals surface area contributed by atoms with Gasteiger partial charge in [0, 0.05) is 12.5 Å². The fourth-order valence-electron chi connectivity index (χ4n) is 3.63. The molecule has 2 fully saturated rings. The quantitative estimate of drug-likeness (QED) is 0.901. The van der Waals surface area contributed by atoms with Gasteiger partial charge in [0.15, 0.2) is 0 Å². The van der Waals surface area contributed by atoms with Crippen molar-refractivity contribution in [3.8, 4) is 0 Å².